The lowest BCUT2D eigenvalue weighted by Gasteiger charge is -2.13. The van der Waals surface area contributed by atoms with Crippen LogP contribution in [0.25, 0.3) is 0 Å². The van der Waals surface area contributed by atoms with Crippen LogP contribution in [0, 0.1) is 11.7 Å². The van der Waals surface area contributed by atoms with E-state index in [0.717, 1.165) is 12.3 Å². The second-order valence-corrected chi connectivity index (χ2v) is 4.23. The molecule has 1 rings (SSSR count). The third-order valence-corrected chi connectivity index (χ3v) is 3.03. The van der Waals surface area contributed by atoms with E-state index in [-0.39, 0.29) is 5.82 Å². The molecule has 0 amide bonds. The predicted molar refractivity (Wildman–Crippen MR) is 86.1 cm³/mol. The molecule has 19 heavy (non-hydrogen) atoms. The minimum atomic E-state index is -0.139. The molecule has 0 N–H and O–H groups in total. The highest BCUT2D eigenvalue weighted by Crippen LogP contribution is 2.18. The number of hydrogen-bond donors (Lipinski definition) is 0. The van der Waals surface area contributed by atoms with Crippen molar-refractivity contribution >= 4 is 0 Å². The lowest BCUT2D eigenvalue weighted by Crippen LogP contribution is -2.00. The molecule has 0 aliphatic rings. The molecule has 112 valence electrons. The maximum absolute atomic E-state index is 12.7. The summed E-state index contributed by atoms with van der Waals surface area (Å²) in [5.74, 6) is 0.694. The van der Waals surface area contributed by atoms with Gasteiger partial charge in [0.05, 0.1) is 0 Å². The molecule has 0 aliphatic heterocycles. The van der Waals surface area contributed by atoms with E-state index in [9.17, 15) is 4.39 Å². The first-order valence-electron chi connectivity index (χ1n) is 8.00. The van der Waals surface area contributed by atoms with Crippen molar-refractivity contribution in [1.29, 1.82) is 0 Å². The van der Waals surface area contributed by atoms with Crippen molar-refractivity contribution in [3.05, 3.63) is 35.6 Å². The van der Waals surface area contributed by atoms with Crippen molar-refractivity contribution in [1.82, 2.24) is 0 Å². The molecule has 0 nitrogen and oxygen atoms in total. The molecular weight excluding hydrogens is 235 g/mol. The van der Waals surface area contributed by atoms with Gasteiger partial charge in [-0.2, -0.15) is 0 Å². The number of hydrogen-bond acceptors (Lipinski definition) is 0. The van der Waals surface area contributed by atoms with Crippen molar-refractivity contribution in [2.24, 2.45) is 5.92 Å². The van der Waals surface area contributed by atoms with E-state index in [1.807, 2.05) is 39.8 Å². The van der Waals surface area contributed by atoms with Crippen LogP contribution in [0.2, 0.25) is 0 Å². The standard InChI is InChI=1S/C14H21F.2C2H6/c1-3-5-12(4-2)6-7-13-8-10-14(15)11-9-13;2*1-2/h8-12H,3-7H2,1-2H3;2*1-2H3. The Morgan fingerprint density at radius 1 is 0.895 bits per heavy atom. The molecule has 1 atom stereocenters. The highest BCUT2D eigenvalue weighted by molar-refractivity contribution is 5.16. The van der Waals surface area contributed by atoms with Gasteiger partial charge in [0, 0.05) is 0 Å². The molecule has 1 unspecified atom stereocenters. The number of benzene rings is 1. The molecule has 0 heterocycles. The van der Waals surface area contributed by atoms with Gasteiger partial charge in [0.15, 0.2) is 0 Å². The van der Waals surface area contributed by atoms with E-state index in [1.165, 1.54) is 31.2 Å². The Morgan fingerprint density at radius 3 is 1.84 bits per heavy atom. The minimum Gasteiger partial charge on any atom is -0.207 e. The van der Waals surface area contributed by atoms with Gasteiger partial charge >= 0.3 is 0 Å². The van der Waals surface area contributed by atoms with E-state index < -0.39 is 0 Å². The largest absolute Gasteiger partial charge is 0.207 e. The summed E-state index contributed by atoms with van der Waals surface area (Å²) in [6, 6.07) is 6.90. The summed E-state index contributed by atoms with van der Waals surface area (Å²) < 4.78 is 12.7. The Bertz CT molecular complexity index is 264. The molecule has 0 saturated carbocycles. The monoisotopic (exact) mass is 268 g/mol. The second kappa shape index (κ2) is 15.2. The van der Waals surface area contributed by atoms with Crippen LogP contribution in [0.1, 0.15) is 72.8 Å². The van der Waals surface area contributed by atoms with E-state index in [1.54, 1.807) is 12.1 Å². The Labute approximate surface area is 120 Å². The van der Waals surface area contributed by atoms with Crippen molar-refractivity contribution < 1.29 is 4.39 Å². The first kappa shape index (κ1) is 20.5. The summed E-state index contributed by atoms with van der Waals surface area (Å²) in [4.78, 5) is 0. The Balaban J connectivity index is 0. The third kappa shape index (κ3) is 10.7. The summed E-state index contributed by atoms with van der Waals surface area (Å²) in [6.45, 7) is 12.5. The Kier molecular flexibility index (Phi) is 16.4. The first-order chi connectivity index (χ1) is 9.26. The minimum absolute atomic E-state index is 0.139. The van der Waals surface area contributed by atoms with Crippen LogP contribution < -0.4 is 0 Å². The molecule has 0 fully saturated rings. The number of rotatable bonds is 6. The van der Waals surface area contributed by atoms with Gasteiger partial charge in [-0.15, -0.1) is 0 Å². The van der Waals surface area contributed by atoms with Gasteiger partial charge in [-0.25, -0.2) is 4.39 Å². The molecule has 0 aliphatic carbocycles. The zero-order valence-corrected chi connectivity index (χ0v) is 13.8. The van der Waals surface area contributed by atoms with Crippen LogP contribution in [0.15, 0.2) is 24.3 Å². The van der Waals surface area contributed by atoms with Gasteiger partial charge < -0.3 is 0 Å². The normalized spacial score (nSPS) is 10.7. The van der Waals surface area contributed by atoms with Crippen LogP contribution in [-0.4, -0.2) is 0 Å². The van der Waals surface area contributed by atoms with Gasteiger partial charge in [0.1, 0.15) is 5.82 Å². The summed E-state index contributed by atoms with van der Waals surface area (Å²) in [6.07, 6.45) is 6.16. The second-order valence-electron chi connectivity index (χ2n) is 4.23. The molecule has 0 radical (unpaired) electrons. The average Bonchev–Trinajstić information content (AvgIpc) is 2.49. The number of aryl methyl sites for hydroxylation is 1. The molecule has 0 aromatic heterocycles. The molecular formula is C18H33F. The topological polar surface area (TPSA) is 0 Å². The van der Waals surface area contributed by atoms with Gasteiger partial charge in [0.25, 0.3) is 0 Å². The fourth-order valence-corrected chi connectivity index (χ4v) is 1.98. The van der Waals surface area contributed by atoms with Crippen LogP contribution in [0.4, 0.5) is 4.39 Å². The van der Waals surface area contributed by atoms with Gasteiger partial charge in [-0.3, -0.25) is 0 Å². The molecule has 0 spiro atoms. The summed E-state index contributed by atoms with van der Waals surface area (Å²) in [5, 5.41) is 0. The van der Waals surface area contributed by atoms with Gasteiger partial charge in [-0.1, -0.05) is 72.9 Å². The van der Waals surface area contributed by atoms with Gasteiger partial charge in [-0.05, 0) is 36.5 Å². The fourth-order valence-electron chi connectivity index (χ4n) is 1.98. The van der Waals surface area contributed by atoms with Crippen molar-refractivity contribution in [3.8, 4) is 0 Å². The molecule has 1 aromatic carbocycles. The van der Waals surface area contributed by atoms with Crippen molar-refractivity contribution in [2.75, 3.05) is 0 Å². The van der Waals surface area contributed by atoms with Crippen LogP contribution >= 0.6 is 0 Å². The van der Waals surface area contributed by atoms with Crippen molar-refractivity contribution in [3.63, 3.8) is 0 Å². The number of halogens is 1. The van der Waals surface area contributed by atoms with Gasteiger partial charge in [0.2, 0.25) is 0 Å². The van der Waals surface area contributed by atoms with E-state index in [4.69, 9.17) is 0 Å². The molecule has 1 heteroatoms. The maximum atomic E-state index is 12.7. The van der Waals surface area contributed by atoms with E-state index in [0.29, 0.717) is 0 Å². The summed E-state index contributed by atoms with van der Waals surface area (Å²) >= 11 is 0. The third-order valence-electron chi connectivity index (χ3n) is 3.03. The average molecular weight is 268 g/mol. The van der Waals surface area contributed by atoms with Crippen LogP contribution in [0.3, 0.4) is 0 Å². The van der Waals surface area contributed by atoms with E-state index in [2.05, 4.69) is 13.8 Å². The SMILES string of the molecule is CC.CC.CCCC(CC)CCc1ccc(F)cc1. The zero-order chi connectivity index (χ0) is 15.1. The smallest absolute Gasteiger partial charge is 0.123 e. The van der Waals surface area contributed by atoms with Crippen LogP contribution in [-0.2, 0) is 6.42 Å². The van der Waals surface area contributed by atoms with Crippen LogP contribution in [0.5, 0.6) is 0 Å². The van der Waals surface area contributed by atoms with E-state index >= 15 is 0 Å². The van der Waals surface area contributed by atoms with Crippen molar-refractivity contribution in [2.45, 2.75) is 73.6 Å². The predicted octanol–water partition coefficient (Wildman–Crippen LogP) is 6.64. The zero-order valence-electron chi connectivity index (χ0n) is 13.8. The summed E-state index contributed by atoms with van der Waals surface area (Å²) in [5.41, 5.74) is 1.26. The lowest BCUT2D eigenvalue weighted by molar-refractivity contribution is 0.432. The lowest BCUT2D eigenvalue weighted by atomic mass is 9.93. The highest BCUT2D eigenvalue weighted by atomic mass is 19.1. The molecule has 1 aromatic rings. The maximum Gasteiger partial charge on any atom is 0.123 e. The Morgan fingerprint density at radius 2 is 1.42 bits per heavy atom. The molecule has 0 bridgehead atoms. The molecule has 0 saturated heterocycles. The fraction of sp³-hybridized carbons (Fsp3) is 0.667. The Hall–Kier alpha value is -0.850. The first-order valence-corrected chi connectivity index (χ1v) is 8.00. The highest BCUT2D eigenvalue weighted by Gasteiger charge is 2.05. The quantitative estimate of drug-likeness (QED) is 0.542. The summed E-state index contributed by atoms with van der Waals surface area (Å²) in [7, 11) is 0.